The molecule has 0 aliphatic carbocycles. The van der Waals surface area contributed by atoms with Crippen molar-refractivity contribution in [3.05, 3.63) is 17.0 Å². The van der Waals surface area contributed by atoms with Crippen molar-refractivity contribution in [2.24, 2.45) is 0 Å². The summed E-state index contributed by atoms with van der Waals surface area (Å²) in [5.41, 5.74) is 2.27. The molecule has 0 N–H and O–H groups in total. The van der Waals surface area contributed by atoms with Crippen molar-refractivity contribution >= 4 is 0 Å². The highest BCUT2D eigenvalue weighted by Crippen LogP contribution is 2.20. The van der Waals surface area contributed by atoms with Gasteiger partial charge in [-0.2, -0.15) is 13.9 Å². The molecule has 2 nitrogen and oxygen atoms in total. The zero-order valence-corrected chi connectivity index (χ0v) is 8.14. The zero-order valence-electron chi connectivity index (χ0n) is 8.14. The number of nitrogens with zero attached hydrogens (tertiary/aromatic N) is 2. The molecule has 1 aromatic heterocycles. The average molecular weight is 188 g/mol. The van der Waals surface area contributed by atoms with Crippen LogP contribution in [-0.2, 0) is 6.42 Å². The van der Waals surface area contributed by atoms with Gasteiger partial charge in [0.25, 0.3) is 0 Å². The van der Waals surface area contributed by atoms with Crippen molar-refractivity contribution in [3.63, 3.8) is 0 Å². The zero-order chi connectivity index (χ0) is 10.0. The van der Waals surface area contributed by atoms with Gasteiger partial charge in [0.05, 0.1) is 5.69 Å². The van der Waals surface area contributed by atoms with E-state index in [0.717, 1.165) is 28.8 Å². The maximum absolute atomic E-state index is 12.4. The van der Waals surface area contributed by atoms with E-state index >= 15 is 0 Å². The van der Waals surface area contributed by atoms with E-state index in [9.17, 15) is 8.78 Å². The van der Waals surface area contributed by atoms with E-state index in [1.807, 2.05) is 6.92 Å². The molecule has 0 saturated carbocycles. The minimum atomic E-state index is -2.52. The minimum absolute atomic E-state index is 0.592. The molecular weight excluding hydrogens is 174 g/mol. The van der Waals surface area contributed by atoms with Crippen LogP contribution in [0.5, 0.6) is 0 Å². The van der Waals surface area contributed by atoms with Crippen LogP contribution in [0.1, 0.15) is 36.8 Å². The van der Waals surface area contributed by atoms with Crippen LogP contribution in [0.2, 0.25) is 0 Å². The summed E-state index contributed by atoms with van der Waals surface area (Å²) < 4.78 is 25.5. The Kier molecular flexibility index (Phi) is 3.01. The summed E-state index contributed by atoms with van der Waals surface area (Å²) in [7, 11) is 0. The van der Waals surface area contributed by atoms with E-state index in [1.54, 1.807) is 13.8 Å². The first-order valence-electron chi connectivity index (χ1n) is 4.40. The number of hydrogen-bond acceptors (Lipinski definition) is 1. The van der Waals surface area contributed by atoms with Crippen molar-refractivity contribution in [2.45, 2.75) is 40.2 Å². The molecule has 0 radical (unpaired) electrons. The van der Waals surface area contributed by atoms with Crippen molar-refractivity contribution < 1.29 is 8.78 Å². The summed E-state index contributed by atoms with van der Waals surface area (Å²) in [4.78, 5) is 0. The van der Waals surface area contributed by atoms with Crippen molar-refractivity contribution in [3.8, 4) is 0 Å². The van der Waals surface area contributed by atoms with Crippen LogP contribution in [0.15, 0.2) is 0 Å². The second-order valence-electron chi connectivity index (χ2n) is 3.12. The fourth-order valence-corrected chi connectivity index (χ4v) is 1.50. The summed E-state index contributed by atoms with van der Waals surface area (Å²) in [6, 6.07) is 0. The largest absolute Gasteiger partial charge is 0.333 e. The summed E-state index contributed by atoms with van der Waals surface area (Å²) in [5.74, 6) is 0. The molecule has 4 heteroatoms. The number of rotatable bonds is 3. The third kappa shape index (κ3) is 1.87. The Balaban J connectivity index is 3.07. The molecule has 0 aliphatic heterocycles. The Morgan fingerprint density at radius 3 is 2.38 bits per heavy atom. The van der Waals surface area contributed by atoms with E-state index in [2.05, 4.69) is 5.10 Å². The lowest BCUT2D eigenvalue weighted by Gasteiger charge is -2.02. The molecular formula is C9H14F2N2. The molecule has 0 bridgehead atoms. The number of halogens is 2. The Bertz CT molecular complexity index is 292. The lowest BCUT2D eigenvalue weighted by Crippen LogP contribution is -2.02. The van der Waals surface area contributed by atoms with Crippen LogP contribution in [0.25, 0.3) is 0 Å². The van der Waals surface area contributed by atoms with Gasteiger partial charge in [-0.25, -0.2) is 4.68 Å². The summed E-state index contributed by atoms with van der Waals surface area (Å²) >= 11 is 0. The third-order valence-corrected chi connectivity index (χ3v) is 2.16. The van der Waals surface area contributed by atoms with Gasteiger partial charge in [0, 0.05) is 5.69 Å². The van der Waals surface area contributed by atoms with E-state index in [1.165, 1.54) is 0 Å². The van der Waals surface area contributed by atoms with E-state index in [4.69, 9.17) is 0 Å². The highest BCUT2D eigenvalue weighted by Gasteiger charge is 2.15. The van der Waals surface area contributed by atoms with Crippen LogP contribution >= 0.6 is 0 Å². The van der Waals surface area contributed by atoms with Gasteiger partial charge in [0.2, 0.25) is 0 Å². The molecule has 1 aromatic rings. The van der Waals surface area contributed by atoms with Crippen molar-refractivity contribution in [2.75, 3.05) is 0 Å². The molecule has 0 aliphatic rings. The first-order chi connectivity index (χ1) is 6.07. The maximum atomic E-state index is 12.4. The summed E-state index contributed by atoms with van der Waals surface area (Å²) in [5, 5.41) is 3.79. The molecule has 74 valence electrons. The molecule has 0 aromatic carbocycles. The SMILES string of the molecule is CCCc1c(C)nn(C(F)F)c1C. The van der Waals surface area contributed by atoms with E-state index in [-0.39, 0.29) is 0 Å². The number of hydrogen-bond donors (Lipinski definition) is 0. The number of aromatic nitrogens is 2. The first kappa shape index (κ1) is 10.2. The van der Waals surface area contributed by atoms with Crippen molar-refractivity contribution in [1.82, 2.24) is 9.78 Å². The lowest BCUT2D eigenvalue weighted by atomic mass is 10.1. The predicted octanol–water partition coefficient (Wildman–Crippen LogP) is 2.85. The van der Waals surface area contributed by atoms with Crippen molar-refractivity contribution in [1.29, 1.82) is 0 Å². The van der Waals surface area contributed by atoms with Gasteiger partial charge in [-0.05, 0) is 25.8 Å². The standard InChI is InChI=1S/C9H14F2N2/c1-4-5-8-6(2)12-13(7(8)3)9(10)11/h9H,4-5H2,1-3H3. The van der Waals surface area contributed by atoms with Gasteiger partial charge in [0.1, 0.15) is 0 Å². The Hall–Kier alpha value is -0.930. The Morgan fingerprint density at radius 2 is 2.00 bits per heavy atom. The fourth-order valence-electron chi connectivity index (χ4n) is 1.50. The van der Waals surface area contributed by atoms with Gasteiger partial charge in [-0.15, -0.1) is 0 Å². The molecule has 0 spiro atoms. The molecule has 0 unspecified atom stereocenters. The Labute approximate surface area is 76.6 Å². The molecule has 13 heavy (non-hydrogen) atoms. The topological polar surface area (TPSA) is 17.8 Å². The van der Waals surface area contributed by atoms with Crippen LogP contribution in [0.4, 0.5) is 8.78 Å². The molecule has 1 heterocycles. The molecule has 0 fully saturated rings. The van der Waals surface area contributed by atoms with Gasteiger partial charge >= 0.3 is 6.55 Å². The Morgan fingerprint density at radius 1 is 1.38 bits per heavy atom. The smallest absolute Gasteiger partial charge is 0.208 e. The van der Waals surface area contributed by atoms with E-state index in [0.29, 0.717) is 5.69 Å². The average Bonchev–Trinajstić information content (AvgIpc) is 2.32. The van der Waals surface area contributed by atoms with Gasteiger partial charge in [-0.3, -0.25) is 0 Å². The molecule has 0 amide bonds. The molecule has 0 atom stereocenters. The summed E-state index contributed by atoms with van der Waals surface area (Å²) in [6.07, 6.45) is 1.78. The highest BCUT2D eigenvalue weighted by atomic mass is 19.3. The third-order valence-electron chi connectivity index (χ3n) is 2.16. The monoisotopic (exact) mass is 188 g/mol. The van der Waals surface area contributed by atoms with Crippen LogP contribution in [-0.4, -0.2) is 9.78 Å². The number of aryl methyl sites for hydroxylation is 1. The molecule has 1 rings (SSSR count). The highest BCUT2D eigenvalue weighted by molar-refractivity contribution is 5.24. The summed E-state index contributed by atoms with van der Waals surface area (Å²) in [6.45, 7) is 2.97. The minimum Gasteiger partial charge on any atom is -0.208 e. The molecule has 0 saturated heterocycles. The first-order valence-corrected chi connectivity index (χ1v) is 4.40. The second-order valence-corrected chi connectivity index (χ2v) is 3.12. The maximum Gasteiger partial charge on any atom is 0.333 e. The quantitative estimate of drug-likeness (QED) is 0.713. The van der Waals surface area contributed by atoms with Crippen LogP contribution in [0.3, 0.4) is 0 Å². The predicted molar refractivity (Wildman–Crippen MR) is 46.9 cm³/mol. The van der Waals surface area contributed by atoms with Gasteiger partial charge in [0.15, 0.2) is 0 Å². The van der Waals surface area contributed by atoms with Crippen LogP contribution in [0, 0.1) is 13.8 Å². The second kappa shape index (κ2) is 3.85. The fraction of sp³-hybridized carbons (Fsp3) is 0.667. The normalized spacial score (nSPS) is 11.2. The van der Waals surface area contributed by atoms with Gasteiger partial charge < -0.3 is 0 Å². The van der Waals surface area contributed by atoms with E-state index < -0.39 is 6.55 Å². The van der Waals surface area contributed by atoms with Gasteiger partial charge in [-0.1, -0.05) is 13.3 Å². The van der Waals surface area contributed by atoms with Crippen LogP contribution < -0.4 is 0 Å². The number of alkyl halides is 2. The lowest BCUT2D eigenvalue weighted by molar-refractivity contribution is 0.0540.